The van der Waals surface area contributed by atoms with Gasteiger partial charge in [0.15, 0.2) is 0 Å². The zero-order valence-corrected chi connectivity index (χ0v) is 13.2. The molecule has 0 radical (unpaired) electrons. The lowest BCUT2D eigenvalue weighted by molar-refractivity contribution is -0.0999. The lowest BCUT2D eigenvalue weighted by Crippen LogP contribution is -2.46. The van der Waals surface area contributed by atoms with Gasteiger partial charge in [-0.2, -0.15) is 5.10 Å². The number of halogens is 1. The number of hydrogen-bond acceptors (Lipinski definition) is 8. The zero-order valence-electron chi connectivity index (χ0n) is 12.5. The third kappa shape index (κ3) is 4.60. The number of anilines is 1. The third-order valence-electron chi connectivity index (χ3n) is 3.34. The van der Waals surface area contributed by atoms with Crippen LogP contribution in [-0.4, -0.2) is 67.8 Å². The summed E-state index contributed by atoms with van der Waals surface area (Å²) in [6.07, 6.45) is -5.58. The summed E-state index contributed by atoms with van der Waals surface area (Å²) in [5, 5.41) is 51.9. The normalized spacial score (nSPS) is 16.9. The molecule has 0 amide bonds. The summed E-state index contributed by atoms with van der Waals surface area (Å²) in [7, 11) is 0. The minimum Gasteiger partial charge on any atom is -0.394 e. The Kier molecular flexibility index (Phi) is 6.44. The first-order valence-corrected chi connectivity index (χ1v) is 7.49. The van der Waals surface area contributed by atoms with E-state index in [4.69, 9.17) is 16.7 Å². The van der Waals surface area contributed by atoms with Gasteiger partial charge in [-0.1, -0.05) is 11.6 Å². The molecule has 1 heterocycles. The average molecular weight is 356 g/mol. The van der Waals surface area contributed by atoms with E-state index in [-0.39, 0.29) is 0 Å². The molecule has 0 aliphatic heterocycles. The van der Waals surface area contributed by atoms with Gasteiger partial charge < -0.3 is 25.5 Å². The second-order valence-corrected chi connectivity index (χ2v) is 5.58. The van der Waals surface area contributed by atoms with Crippen LogP contribution in [0.1, 0.15) is 0 Å². The molecule has 6 N–H and O–H groups in total. The van der Waals surface area contributed by atoms with E-state index < -0.39 is 31.0 Å². The van der Waals surface area contributed by atoms with Crippen LogP contribution in [0.4, 0.5) is 5.82 Å². The van der Waals surface area contributed by atoms with Crippen LogP contribution in [0.25, 0.3) is 10.9 Å². The molecule has 1 aromatic carbocycles. The number of aromatic nitrogens is 1. The number of hydrazone groups is 1. The van der Waals surface area contributed by atoms with Crippen molar-refractivity contribution in [3.63, 3.8) is 0 Å². The van der Waals surface area contributed by atoms with Gasteiger partial charge in [-0.05, 0) is 30.3 Å². The van der Waals surface area contributed by atoms with Crippen LogP contribution in [0.3, 0.4) is 0 Å². The topological polar surface area (TPSA) is 138 Å². The first-order valence-electron chi connectivity index (χ1n) is 7.11. The number of nitrogens with zero attached hydrogens (tertiary/aromatic N) is 2. The Bertz CT molecular complexity index is 715. The third-order valence-corrected chi connectivity index (χ3v) is 3.57. The Balaban J connectivity index is 1.99. The number of aliphatic hydroxyl groups excluding tert-OH is 5. The molecule has 1 aromatic heterocycles. The number of fused-ring (bicyclic) bond motifs is 1. The highest BCUT2D eigenvalue weighted by atomic mass is 35.5. The Morgan fingerprint density at radius 3 is 2.58 bits per heavy atom. The molecule has 0 aliphatic carbocycles. The second-order valence-electron chi connectivity index (χ2n) is 5.15. The molecule has 0 fully saturated rings. The summed E-state index contributed by atoms with van der Waals surface area (Å²) in [6, 6.07) is 8.67. The van der Waals surface area contributed by atoms with E-state index in [1.54, 1.807) is 30.3 Å². The fourth-order valence-electron chi connectivity index (χ4n) is 1.96. The van der Waals surface area contributed by atoms with Gasteiger partial charge >= 0.3 is 0 Å². The number of aliphatic hydroxyl groups is 5. The number of pyridine rings is 1. The predicted molar refractivity (Wildman–Crippen MR) is 90.0 cm³/mol. The molecular weight excluding hydrogens is 338 g/mol. The van der Waals surface area contributed by atoms with Crippen molar-refractivity contribution in [2.75, 3.05) is 12.0 Å². The fraction of sp³-hybridized carbons (Fsp3) is 0.333. The largest absolute Gasteiger partial charge is 0.394 e. The highest BCUT2D eigenvalue weighted by Gasteiger charge is 2.29. The Hall–Kier alpha value is -1.81. The minimum absolute atomic E-state index is 0.402. The molecule has 9 heteroatoms. The maximum atomic E-state index is 9.69. The van der Waals surface area contributed by atoms with Crippen molar-refractivity contribution in [2.24, 2.45) is 5.10 Å². The lowest BCUT2D eigenvalue weighted by Gasteiger charge is -2.23. The van der Waals surface area contributed by atoms with Crippen LogP contribution in [0.2, 0.25) is 5.02 Å². The molecule has 4 atom stereocenters. The van der Waals surface area contributed by atoms with Gasteiger partial charge in [0.2, 0.25) is 0 Å². The van der Waals surface area contributed by atoms with Crippen molar-refractivity contribution in [3.05, 3.63) is 35.4 Å². The maximum absolute atomic E-state index is 9.69. The molecule has 0 aliphatic rings. The zero-order chi connectivity index (χ0) is 17.7. The van der Waals surface area contributed by atoms with Crippen LogP contribution in [-0.2, 0) is 0 Å². The van der Waals surface area contributed by atoms with E-state index in [1.165, 1.54) is 0 Å². The maximum Gasteiger partial charge on any atom is 0.146 e. The highest BCUT2D eigenvalue weighted by molar-refractivity contribution is 6.31. The smallest absolute Gasteiger partial charge is 0.146 e. The first kappa shape index (κ1) is 18.5. The monoisotopic (exact) mass is 355 g/mol. The van der Waals surface area contributed by atoms with Gasteiger partial charge in [-0.15, -0.1) is 0 Å². The first-order chi connectivity index (χ1) is 11.4. The van der Waals surface area contributed by atoms with Crippen LogP contribution in [0, 0.1) is 0 Å². The van der Waals surface area contributed by atoms with Gasteiger partial charge in [0.25, 0.3) is 0 Å². The SMILES string of the molecule is OC[C@@H](O)[C@@H](O)[C@H](O)[C@@H](O)/C=N/Nc1ccc2cc(Cl)ccc2n1. The van der Waals surface area contributed by atoms with Crippen LogP contribution < -0.4 is 5.43 Å². The molecule has 0 bridgehead atoms. The van der Waals surface area contributed by atoms with Crippen molar-refractivity contribution in [2.45, 2.75) is 24.4 Å². The van der Waals surface area contributed by atoms with E-state index in [1.807, 2.05) is 0 Å². The molecular formula is C15H18ClN3O5. The Labute approximate surface area is 142 Å². The highest BCUT2D eigenvalue weighted by Crippen LogP contribution is 2.19. The van der Waals surface area contributed by atoms with Crippen LogP contribution in [0.5, 0.6) is 0 Å². The predicted octanol–water partition coefficient (Wildman–Crippen LogP) is -0.278. The summed E-state index contributed by atoms with van der Waals surface area (Å²) < 4.78 is 0. The molecule has 0 saturated carbocycles. The number of rotatable bonds is 7. The summed E-state index contributed by atoms with van der Waals surface area (Å²) in [5.74, 6) is 0.402. The summed E-state index contributed by atoms with van der Waals surface area (Å²) in [4.78, 5) is 4.28. The van der Waals surface area contributed by atoms with Gasteiger partial charge in [-0.25, -0.2) is 4.98 Å². The lowest BCUT2D eigenvalue weighted by atomic mass is 10.0. The average Bonchev–Trinajstić information content (AvgIpc) is 2.59. The summed E-state index contributed by atoms with van der Waals surface area (Å²) in [6.45, 7) is -0.745. The van der Waals surface area contributed by atoms with Crippen LogP contribution >= 0.6 is 11.6 Å². The summed E-state index contributed by atoms with van der Waals surface area (Å²) >= 11 is 5.89. The molecule has 0 saturated heterocycles. The standard InChI is InChI=1S/C15H18ClN3O5/c16-9-2-3-10-8(5-9)1-4-13(18-10)19-17-6-11(21)14(23)15(24)12(22)7-20/h1-6,11-12,14-15,20-24H,7H2,(H,18,19)/b17-6+/t11-,12+,14+,15+/m0/s1. The number of benzene rings is 1. The molecule has 2 aromatic rings. The van der Waals surface area contributed by atoms with Crippen molar-refractivity contribution >= 4 is 34.5 Å². The second kappa shape index (κ2) is 8.34. The molecule has 2 rings (SSSR count). The van der Waals surface area contributed by atoms with Gasteiger partial charge in [-0.3, -0.25) is 5.43 Å². The Morgan fingerprint density at radius 1 is 1.12 bits per heavy atom. The van der Waals surface area contributed by atoms with Gasteiger partial charge in [0.1, 0.15) is 30.2 Å². The molecule has 0 spiro atoms. The minimum atomic E-state index is -1.71. The molecule has 24 heavy (non-hydrogen) atoms. The van der Waals surface area contributed by atoms with Gasteiger partial charge in [0.05, 0.1) is 18.3 Å². The number of hydrogen-bond donors (Lipinski definition) is 6. The van der Waals surface area contributed by atoms with Gasteiger partial charge in [0, 0.05) is 10.4 Å². The molecule has 130 valence electrons. The van der Waals surface area contributed by atoms with E-state index in [0.29, 0.717) is 16.4 Å². The van der Waals surface area contributed by atoms with E-state index in [0.717, 1.165) is 11.6 Å². The van der Waals surface area contributed by atoms with E-state index in [2.05, 4.69) is 15.5 Å². The fourth-order valence-corrected chi connectivity index (χ4v) is 2.14. The van der Waals surface area contributed by atoms with E-state index >= 15 is 0 Å². The van der Waals surface area contributed by atoms with Crippen molar-refractivity contribution in [3.8, 4) is 0 Å². The number of nitrogens with one attached hydrogen (secondary N) is 1. The van der Waals surface area contributed by atoms with E-state index in [9.17, 15) is 20.4 Å². The molecule has 8 nitrogen and oxygen atoms in total. The van der Waals surface area contributed by atoms with Crippen molar-refractivity contribution in [1.29, 1.82) is 0 Å². The van der Waals surface area contributed by atoms with Crippen LogP contribution in [0.15, 0.2) is 35.4 Å². The molecule has 0 unspecified atom stereocenters. The summed E-state index contributed by atoms with van der Waals surface area (Å²) in [5.41, 5.74) is 3.28. The quantitative estimate of drug-likeness (QED) is 0.297. The Morgan fingerprint density at radius 2 is 1.88 bits per heavy atom. The van der Waals surface area contributed by atoms with Crippen molar-refractivity contribution in [1.82, 2.24) is 4.98 Å². The van der Waals surface area contributed by atoms with Crippen molar-refractivity contribution < 1.29 is 25.5 Å².